The molecule has 3 aliphatic rings. The normalized spacial score (nSPS) is 22.1. The number of hydrogen-bond acceptors (Lipinski definition) is 7. The quantitative estimate of drug-likeness (QED) is 0.492. The molecule has 1 saturated carbocycles. The number of anilines is 1. The van der Waals surface area contributed by atoms with Crippen molar-refractivity contribution in [3.63, 3.8) is 0 Å². The van der Waals surface area contributed by atoms with Crippen LogP contribution in [0.25, 0.3) is 0 Å². The third kappa shape index (κ3) is 5.14. The number of carbonyl (C=O) groups excluding carboxylic acids is 2. The Hall–Kier alpha value is -3.08. The SMILES string of the molecule is CC(C)CCN1C(=O)C(C2=NS(=O)(=O)c3cc(OCC(N)=O)ccc3N2)=C(O)C1C1CCCCC1. The Morgan fingerprint density at radius 3 is 2.66 bits per heavy atom. The predicted molar refractivity (Wildman–Crippen MR) is 131 cm³/mol. The number of fused-ring (bicyclic) bond motifs is 1. The molecule has 4 N–H and O–H groups in total. The van der Waals surface area contributed by atoms with Gasteiger partial charge in [-0.3, -0.25) is 9.59 Å². The second-order valence-electron chi connectivity index (χ2n) is 9.74. The van der Waals surface area contributed by atoms with Gasteiger partial charge in [0.1, 0.15) is 22.0 Å². The molecule has 10 nitrogen and oxygen atoms in total. The first-order chi connectivity index (χ1) is 16.6. The molecule has 0 spiro atoms. The van der Waals surface area contributed by atoms with Crippen LogP contribution in [0.1, 0.15) is 52.4 Å². The van der Waals surface area contributed by atoms with Gasteiger partial charge in [-0.05, 0) is 43.2 Å². The van der Waals surface area contributed by atoms with E-state index in [0.717, 1.165) is 38.5 Å². The lowest BCUT2D eigenvalue weighted by Crippen LogP contribution is -2.42. The third-order valence-corrected chi connectivity index (χ3v) is 8.02. The average molecular weight is 505 g/mol. The minimum atomic E-state index is -4.21. The number of ether oxygens (including phenoxy) is 1. The number of amidine groups is 1. The standard InChI is InChI=1S/C24H32N4O6S/c1-14(2)10-11-28-21(15-6-4-3-5-7-15)22(30)20(24(28)31)23-26-17-9-8-16(34-13-19(25)29)12-18(17)35(32,33)27-23/h8-9,12,14-15,21,30H,3-7,10-11,13H2,1-2H3,(H2,25,29)(H,26,27). The number of hydrogen-bond donors (Lipinski definition) is 3. The minimum absolute atomic E-state index is 0.0902. The van der Waals surface area contributed by atoms with Crippen LogP contribution in [-0.4, -0.2) is 55.3 Å². The van der Waals surface area contributed by atoms with E-state index in [1.54, 1.807) is 4.90 Å². The first kappa shape index (κ1) is 25.0. The molecular formula is C24H32N4O6S. The molecule has 11 heteroatoms. The van der Waals surface area contributed by atoms with Gasteiger partial charge in [0, 0.05) is 12.6 Å². The van der Waals surface area contributed by atoms with Crippen LogP contribution in [0, 0.1) is 11.8 Å². The van der Waals surface area contributed by atoms with Gasteiger partial charge in [0.2, 0.25) is 0 Å². The summed E-state index contributed by atoms with van der Waals surface area (Å²) in [6, 6.07) is 3.71. The van der Waals surface area contributed by atoms with Crippen molar-refractivity contribution in [2.75, 3.05) is 18.5 Å². The van der Waals surface area contributed by atoms with Gasteiger partial charge in [0.25, 0.3) is 21.8 Å². The second kappa shape index (κ2) is 9.88. The molecular weight excluding hydrogens is 472 g/mol. The van der Waals surface area contributed by atoms with Gasteiger partial charge in [0.15, 0.2) is 12.4 Å². The van der Waals surface area contributed by atoms with Gasteiger partial charge >= 0.3 is 0 Å². The molecule has 1 aliphatic carbocycles. The Morgan fingerprint density at radius 1 is 1.29 bits per heavy atom. The Labute approximate surface area is 205 Å². The molecule has 1 atom stereocenters. The molecule has 1 aromatic carbocycles. The number of rotatable bonds is 8. The number of benzene rings is 1. The van der Waals surface area contributed by atoms with Gasteiger partial charge < -0.3 is 25.8 Å². The van der Waals surface area contributed by atoms with Crippen molar-refractivity contribution < 1.29 is 27.9 Å². The summed E-state index contributed by atoms with van der Waals surface area (Å²) in [5, 5.41) is 14.2. The molecule has 0 aromatic heterocycles. The smallest absolute Gasteiger partial charge is 0.286 e. The van der Waals surface area contributed by atoms with Gasteiger partial charge in [-0.25, -0.2) is 0 Å². The van der Waals surface area contributed by atoms with Gasteiger partial charge in [-0.15, -0.1) is 4.40 Å². The Kier molecular flexibility index (Phi) is 7.07. The number of nitrogens with one attached hydrogen (secondary N) is 1. The Morgan fingerprint density at radius 2 is 2.00 bits per heavy atom. The lowest BCUT2D eigenvalue weighted by atomic mass is 9.83. The predicted octanol–water partition coefficient (Wildman–Crippen LogP) is 2.71. The molecule has 1 fully saturated rings. The zero-order chi connectivity index (χ0) is 25.3. The largest absolute Gasteiger partial charge is 0.509 e. The summed E-state index contributed by atoms with van der Waals surface area (Å²) in [6.07, 6.45) is 5.79. The van der Waals surface area contributed by atoms with Crippen LogP contribution in [0.5, 0.6) is 5.75 Å². The van der Waals surface area contributed by atoms with Crippen LogP contribution in [0.3, 0.4) is 0 Å². The van der Waals surface area contributed by atoms with Crippen LogP contribution in [-0.2, 0) is 19.6 Å². The highest BCUT2D eigenvalue weighted by Crippen LogP contribution is 2.39. The number of amides is 2. The van der Waals surface area contributed by atoms with E-state index in [-0.39, 0.29) is 39.4 Å². The highest BCUT2D eigenvalue weighted by atomic mass is 32.2. The summed E-state index contributed by atoms with van der Waals surface area (Å²) < 4.78 is 35.1. The van der Waals surface area contributed by atoms with E-state index in [1.165, 1.54) is 18.2 Å². The molecule has 2 aliphatic heterocycles. The molecule has 35 heavy (non-hydrogen) atoms. The first-order valence-corrected chi connectivity index (χ1v) is 13.4. The van der Waals surface area contributed by atoms with Gasteiger partial charge in [-0.2, -0.15) is 8.42 Å². The molecule has 1 aromatic rings. The maximum Gasteiger partial charge on any atom is 0.286 e. The average Bonchev–Trinajstić information content (AvgIpc) is 3.05. The van der Waals surface area contributed by atoms with Crippen molar-refractivity contribution in [3.8, 4) is 5.75 Å². The van der Waals surface area contributed by atoms with E-state index in [9.17, 15) is 23.1 Å². The Balaban J connectivity index is 1.68. The van der Waals surface area contributed by atoms with Crippen molar-refractivity contribution in [2.24, 2.45) is 22.0 Å². The highest BCUT2D eigenvalue weighted by molar-refractivity contribution is 7.90. The maximum absolute atomic E-state index is 13.5. The number of aliphatic hydroxyl groups is 1. The summed E-state index contributed by atoms with van der Waals surface area (Å²) in [7, 11) is -4.21. The lowest BCUT2D eigenvalue weighted by Gasteiger charge is -2.34. The summed E-state index contributed by atoms with van der Waals surface area (Å²) in [5.74, 6) is -0.774. The van der Waals surface area contributed by atoms with Crippen molar-refractivity contribution in [1.82, 2.24) is 4.90 Å². The molecule has 0 saturated heterocycles. The monoisotopic (exact) mass is 504 g/mol. The third-order valence-electron chi connectivity index (χ3n) is 6.70. The number of nitrogens with two attached hydrogens (primary N) is 1. The van der Waals surface area contributed by atoms with E-state index in [1.807, 2.05) is 0 Å². The Bertz CT molecular complexity index is 1180. The van der Waals surface area contributed by atoms with E-state index >= 15 is 0 Å². The van der Waals surface area contributed by atoms with Gasteiger partial charge in [0.05, 0.1) is 11.7 Å². The van der Waals surface area contributed by atoms with Crippen molar-refractivity contribution in [3.05, 3.63) is 29.5 Å². The second-order valence-corrected chi connectivity index (χ2v) is 11.3. The number of aliphatic hydroxyl groups excluding tert-OH is 1. The number of nitrogens with zero attached hydrogens (tertiary/aromatic N) is 2. The molecule has 1 unspecified atom stereocenters. The van der Waals surface area contributed by atoms with Crippen LogP contribution < -0.4 is 15.8 Å². The van der Waals surface area contributed by atoms with Crippen molar-refractivity contribution in [1.29, 1.82) is 0 Å². The number of carbonyl (C=O) groups is 2. The van der Waals surface area contributed by atoms with E-state index in [0.29, 0.717) is 12.5 Å². The number of primary amides is 1. The topological polar surface area (TPSA) is 151 Å². The van der Waals surface area contributed by atoms with Crippen molar-refractivity contribution >= 4 is 33.4 Å². The molecule has 0 radical (unpaired) electrons. The fourth-order valence-corrected chi connectivity index (χ4v) is 6.09. The molecule has 0 bridgehead atoms. The van der Waals surface area contributed by atoms with Crippen LogP contribution in [0.2, 0.25) is 0 Å². The fourth-order valence-electron chi connectivity index (χ4n) is 4.95. The molecule has 2 heterocycles. The zero-order valence-electron chi connectivity index (χ0n) is 20.0. The maximum atomic E-state index is 13.5. The molecule has 2 amide bonds. The van der Waals surface area contributed by atoms with Crippen LogP contribution in [0.4, 0.5) is 5.69 Å². The van der Waals surface area contributed by atoms with E-state index in [2.05, 4.69) is 23.6 Å². The minimum Gasteiger partial charge on any atom is -0.509 e. The summed E-state index contributed by atoms with van der Waals surface area (Å²) >= 11 is 0. The zero-order valence-corrected chi connectivity index (χ0v) is 20.8. The van der Waals surface area contributed by atoms with Crippen LogP contribution in [0.15, 0.2) is 38.8 Å². The highest BCUT2D eigenvalue weighted by Gasteiger charge is 2.46. The van der Waals surface area contributed by atoms with Crippen molar-refractivity contribution in [2.45, 2.75) is 63.3 Å². The van der Waals surface area contributed by atoms with Gasteiger partial charge in [-0.1, -0.05) is 33.1 Å². The molecule has 4 rings (SSSR count). The van der Waals surface area contributed by atoms with E-state index in [4.69, 9.17) is 10.5 Å². The summed E-state index contributed by atoms with van der Waals surface area (Å²) in [5.41, 5.74) is 5.19. The number of sulfonamides is 1. The fraction of sp³-hybridized carbons (Fsp3) is 0.542. The molecule has 190 valence electrons. The van der Waals surface area contributed by atoms with Crippen LogP contribution >= 0.6 is 0 Å². The van der Waals surface area contributed by atoms with E-state index < -0.39 is 34.5 Å². The summed E-state index contributed by atoms with van der Waals surface area (Å²) in [4.78, 5) is 26.0. The lowest BCUT2D eigenvalue weighted by molar-refractivity contribution is -0.128. The first-order valence-electron chi connectivity index (χ1n) is 12.0. The summed E-state index contributed by atoms with van der Waals surface area (Å²) in [6.45, 7) is 4.22.